The molecule has 0 aliphatic carbocycles. The standard InChI is InChI=1S/C20H23N3O2/c1-13-7-6-9-17(14(13)2)22-20(25)21-15(3)19(24)23-12-11-16-8-4-5-10-18(16)23/h4-10,15H,11-12H2,1-3H3,(H2,21,22,25). The molecule has 25 heavy (non-hydrogen) atoms. The molecule has 0 aromatic heterocycles. The second kappa shape index (κ2) is 6.97. The number of hydrogen-bond acceptors (Lipinski definition) is 2. The lowest BCUT2D eigenvalue weighted by atomic mass is 10.1. The number of fused-ring (bicyclic) bond motifs is 1. The Morgan fingerprint density at radius 2 is 1.84 bits per heavy atom. The molecule has 0 fully saturated rings. The van der Waals surface area contributed by atoms with E-state index in [0.717, 1.165) is 28.9 Å². The van der Waals surface area contributed by atoms with Crippen molar-refractivity contribution in [3.8, 4) is 0 Å². The van der Waals surface area contributed by atoms with Crippen molar-refractivity contribution in [2.24, 2.45) is 0 Å². The van der Waals surface area contributed by atoms with E-state index in [-0.39, 0.29) is 11.9 Å². The maximum atomic E-state index is 12.7. The number of nitrogens with one attached hydrogen (secondary N) is 2. The number of anilines is 2. The molecule has 3 amide bonds. The zero-order valence-corrected chi connectivity index (χ0v) is 14.8. The Morgan fingerprint density at radius 3 is 2.64 bits per heavy atom. The Balaban J connectivity index is 1.64. The Kier molecular flexibility index (Phi) is 4.74. The fourth-order valence-electron chi connectivity index (χ4n) is 3.10. The number of amides is 3. The first-order chi connectivity index (χ1) is 12.0. The predicted molar refractivity (Wildman–Crippen MR) is 100 cm³/mol. The molecule has 3 rings (SSSR count). The number of hydrogen-bond donors (Lipinski definition) is 2. The molecular weight excluding hydrogens is 314 g/mol. The van der Waals surface area contributed by atoms with Gasteiger partial charge >= 0.3 is 6.03 Å². The Morgan fingerprint density at radius 1 is 1.08 bits per heavy atom. The average molecular weight is 337 g/mol. The fraction of sp³-hybridized carbons (Fsp3) is 0.300. The lowest BCUT2D eigenvalue weighted by Gasteiger charge is -2.22. The van der Waals surface area contributed by atoms with Crippen LogP contribution in [0.2, 0.25) is 0 Å². The largest absolute Gasteiger partial charge is 0.326 e. The van der Waals surface area contributed by atoms with Gasteiger partial charge < -0.3 is 15.5 Å². The van der Waals surface area contributed by atoms with E-state index in [1.807, 2.05) is 56.3 Å². The summed E-state index contributed by atoms with van der Waals surface area (Å²) in [6.45, 7) is 6.32. The van der Waals surface area contributed by atoms with E-state index >= 15 is 0 Å². The van der Waals surface area contributed by atoms with Gasteiger partial charge in [-0.05, 0) is 56.0 Å². The van der Waals surface area contributed by atoms with Crippen molar-refractivity contribution in [1.29, 1.82) is 0 Å². The van der Waals surface area contributed by atoms with Crippen molar-refractivity contribution >= 4 is 23.3 Å². The van der Waals surface area contributed by atoms with E-state index in [9.17, 15) is 9.59 Å². The van der Waals surface area contributed by atoms with Gasteiger partial charge in [-0.2, -0.15) is 0 Å². The first-order valence-corrected chi connectivity index (χ1v) is 8.50. The number of nitrogens with zero attached hydrogens (tertiary/aromatic N) is 1. The third-order valence-corrected chi connectivity index (χ3v) is 4.72. The normalized spacial score (nSPS) is 14.0. The molecule has 5 heteroatoms. The van der Waals surface area contributed by atoms with E-state index in [1.54, 1.807) is 11.8 Å². The molecule has 2 aromatic rings. The molecule has 5 nitrogen and oxygen atoms in total. The van der Waals surface area contributed by atoms with Crippen molar-refractivity contribution in [2.75, 3.05) is 16.8 Å². The van der Waals surface area contributed by atoms with Gasteiger partial charge in [0, 0.05) is 17.9 Å². The minimum absolute atomic E-state index is 0.0962. The number of benzene rings is 2. The van der Waals surface area contributed by atoms with Crippen molar-refractivity contribution in [3.05, 3.63) is 59.2 Å². The summed E-state index contributed by atoms with van der Waals surface area (Å²) in [5.41, 5.74) is 4.99. The molecule has 0 spiro atoms. The lowest BCUT2D eigenvalue weighted by Crippen LogP contribution is -2.47. The summed E-state index contributed by atoms with van der Waals surface area (Å²) in [4.78, 5) is 26.7. The molecule has 1 unspecified atom stereocenters. The van der Waals surface area contributed by atoms with Gasteiger partial charge in [0.15, 0.2) is 0 Å². The number of urea groups is 1. The third kappa shape index (κ3) is 3.50. The molecule has 1 aliphatic rings. The second-order valence-electron chi connectivity index (χ2n) is 6.44. The van der Waals surface area contributed by atoms with Crippen LogP contribution < -0.4 is 15.5 Å². The van der Waals surface area contributed by atoms with Gasteiger partial charge in [-0.3, -0.25) is 4.79 Å². The van der Waals surface area contributed by atoms with Gasteiger partial charge in [-0.1, -0.05) is 30.3 Å². The minimum Gasteiger partial charge on any atom is -0.326 e. The molecule has 2 N–H and O–H groups in total. The molecule has 0 saturated carbocycles. The molecule has 0 saturated heterocycles. The SMILES string of the molecule is Cc1cccc(NC(=O)NC(C)C(=O)N2CCc3ccccc32)c1C. The highest BCUT2D eigenvalue weighted by Crippen LogP contribution is 2.27. The second-order valence-corrected chi connectivity index (χ2v) is 6.44. The summed E-state index contributed by atoms with van der Waals surface area (Å²) in [5.74, 6) is -0.0962. The van der Waals surface area contributed by atoms with E-state index in [2.05, 4.69) is 10.6 Å². The van der Waals surface area contributed by atoms with Crippen molar-refractivity contribution in [3.63, 3.8) is 0 Å². The van der Waals surface area contributed by atoms with E-state index in [4.69, 9.17) is 0 Å². The molecule has 0 bridgehead atoms. The van der Waals surface area contributed by atoms with Crippen LogP contribution in [0.25, 0.3) is 0 Å². The first-order valence-electron chi connectivity index (χ1n) is 8.50. The van der Waals surface area contributed by atoms with E-state index in [1.165, 1.54) is 5.56 Å². The highest BCUT2D eigenvalue weighted by atomic mass is 16.2. The summed E-state index contributed by atoms with van der Waals surface area (Å²) in [5, 5.41) is 5.57. The Hall–Kier alpha value is -2.82. The predicted octanol–water partition coefficient (Wildman–Crippen LogP) is 3.40. The lowest BCUT2D eigenvalue weighted by molar-refractivity contribution is -0.119. The maximum Gasteiger partial charge on any atom is 0.319 e. The number of carbonyl (C=O) groups is 2. The van der Waals surface area contributed by atoms with Crippen LogP contribution >= 0.6 is 0 Å². The summed E-state index contributed by atoms with van der Waals surface area (Å²) >= 11 is 0. The number of para-hydroxylation sites is 1. The smallest absolute Gasteiger partial charge is 0.319 e. The monoisotopic (exact) mass is 337 g/mol. The minimum atomic E-state index is -0.601. The van der Waals surface area contributed by atoms with Gasteiger partial charge in [0.1, 0.15) is 6.04 Å². The molecule has 1 atom stereocenters. The van der Waals surface area contributed by atoms with Crippen LogP contribution in [-0.2, 0) is 11.2 Å². The summed E-state index contributed by atoms with van der Waals surface area (Å²) in [7, 11) is 0. The quantitative estimate of drug-likeness (QED) is 0.902. The molecule has 0 radical (unpaired) electrons. The highest BCUT2D eigenvalue weighted by molar-refractivity contribution is 6.01. The van der Waals surface area contributed by atoms with Crippen LogP contribution in [0, 0.1) is 13.8 Å². The Bertz CT molecular complexity index is 816. The number of rotatable bonds is 3. The highest BCUT2D eigenvalue weighted by Gasteiger charge is 2.28. The van der Waals surface area contributed by atoms with Gasteiger partial charge in [0.25, 0.3) is 0 Å². The van der Waals surface area contributed by atoms with Crippen LogP contribution in [0.1, 0.15) is 23.6 Å². The zero-order chi connectivity index (χ0) is 18.0. The van der Waals surface area contributed by atoms with Crippen LogP contribution in [0.4, 0.5) is 16.2 Å². The fourth-order valence-corrected chi connectivity index (χ4v) is 3.10. The molecule has 1 aliphatic heterocycles. The Labute approximate surface area is 148 Å². The zero-order valence-electron chi connectivity index (χ0n) is 14.8. The maximum absolute atomic E-state index is 12.7. The molecular formula is C20H23N3O2. The summed E-state index contributed by atoms with van der Waals surface area (Å²) < 4.78 is 0. The van der Waals surface area contributed by atoms with Crippen LogP contribution in [-0.4, -0.2) is 24.5 Å². The van der Waals surface area contributed by atoms with Gasteiger partial charge in [-0.25, -0.2) is 4.79 Å². The van der Waals surface area contributed by atoms with Crippen LogP contribution in [0.5, 0.6) is 0 Å². The first kappa shape index (κ1) is 17.0. The molecule has 2 aromatic carbocycles. The number of aryl methyl sites for hydroxylation is 1. The van der Waals surface area contributed by atoms with Gasteiger partial charge in [-0.15, -0.1) is 0 Å². The van der Waals surface area contributed by atoms with Gasteiger partial charge in [0.05, 0.1) is 0 Å². The molecule has 130 valence electrons. The van der Waals surface area contributed by atoms with Crippen LogP contribution in [0.15, 0.2) is 42.5 Å². The average Bonchev–Trinajstić information content (AvgIpc) is 3.02. The van der Waals surface area contributed by atoms with Gasteiger partial charge in [0.2, 0.25) is 5.91 Å². The van der Waals surface area contributed by atoms with Crippen molar-refractivity contribution < 1.29 is 9.59 Å². The number of carbonyl (C=O) groups excluding carboxylic acids is 2. The topological polar surface area (TPSA) is 61.4 Å². The van der Waals surface area contributed by atoms with Crippen molar-refractivity contribution in [1.82, 2.24) is 5.32 Å². The van der Waals surface area contributed by atoms with Crippen molar-refractivity contribution in [2.45, 2.75) is 33.2 Å². The third-order valence-electron chi connectivity index (χ3n) is 4.72. The van der Waals surface area contributed by atoms with E-state index < -0.39 is 6.04 Å². The molecule has 1 heterocycles. The summed E-state index contributed by atoms with van der Waals surface area (Å²) in [6.07, 6.45) is 0.851. The van der Waals surface area contributed by atoms with Crippen LogP contribution in [0.3, 0.4) is 0 Å². The van der Waals surface area contributed by atoms with E-state index in [0.29, 0.717) is 6.54 Å². The summed E-state index contributed by atoms with van der Waals surface area (Å²) in [6, 6.07) is 12.7.